The summed E-state index contributed by atoms with van der Waals surface area (Å²) in [7, 11) is 1.78. The van der Waals surface area contributed by atoms with Gasteiger partial charge in [-0.1, -0.05) is 6.07 Å². The molecule has 0 amide bonds. The molecule has 3 nitrogen and oxygen atoms in total. The maximum atomic E-state index is 12.0. The first-order valence-electron chi connectivity index (χ1n) is 5.29. The van der Waals surface area contributed by atoms with Crippen LogP contribution in [0, 0.1) is 0 Å². The summed E-state index contributed by atoms with van der Waals surface area (Å²) in [5.74, 6) is 0. The van der Waals surface area contributed by atoms with Crippen LogP contribution in [0.3, 0.4) is 0 Å². The lowest BCUT2D eigenvalue weighted by molar-refractivity contribution is -0.352. The van der Waals surface area contributed by atoms with Crippen LogP contribution in [-0.2, 0) is 19.9 Å². The van der Waals surface area contributed by atoms with E-state index in [1.165, 1.54) is 17.5 Å². The number of hydrogen-bond acceptors (Lipinski definition) is 1. The van der Waals surface area contributed by atoms with E-state index >= 15 is 0 Å². The van der Waals surface area contributed by atoms with E-state index in [4.69, 9.17) is 0 Å². The van der Waals surface area contributed by atoms with Crippen molar-refractivity contribution in [3.8, 4) is 0 Å². The molecule has 1 N–H and O–H groups in total. The zero-order valence-corrected chi connectivity index (χ0v) is 8.71. The van der Waals surface area contributed by atoms with Crippen LogP contribution in [0.4, 0.5) is 0 Å². The molecule has 1 aromatic heterocycles. The van der Waals surface area contributed by atoms with Crippen molar-refractivity contribution in [1.82, 2.24) is 4.57 Å². The van der Waals surface area contributed by atoms with Gasteiger partial charge in [0, 0.05) is 0 Å². The van der Waals surface area contributed by atoms with Gasteiger partial charge >= 0.3 is 5.56 Å². The van der Waals surface area contributed by atoms with Crippen LogP contribution in [-0.4, -0.2) is 4.57 Å². The van der Waals surface area contributed by atoms with Gasteiger partial charge in [-0.15, -0.1) is 0 Å². The van der Waals surface area contributed by atoms with Crippen molar-refractivity contribution in [1.29, 1.82) is 0 Å². The molecule has 0 radical (unpaired) electrons. The molecule has 3 heteroatoms. The maximum Gasteiger partial charge on any atom is 0.345 e. The van der Waals surface area contributed by atoms with Crippen molar-refractivity contribution in [2.75, 3.05) is 0 Å². The van der Waals surface area contributed by atoms with Gasteiger partial charge in [0.25, 0.3) is 0 Å². The molecule has 0 bridgehead atoms. The number of benzene rings is 1. The number of nitrogens with zero attached hydrogens (tertiary/aromatic N) is 1. The smallest absolute Gasteiger partial charge is 0.246 e. The van der Waals surface area contributed by atoms with Gasteiger partial charge in [-0.25, -0.2) is 14.3 Å². The fraction of sp³-hybridized carbons (Fsp3) is 0.333. The van der Waals surface area contributed by atoms with Gasteiger partial charge in [-0.2, -0.15) is 0 Å². The highest BCUT2D eigenvalue weighted by Gasteiger charge is 2.19. The van der Waals surface area contributed by atoms with Crippen molar-refractivity contribution >= 4 is 10.9 Å². The van der Waals surface area contributed by atoms with Crippen LogP contribution >= 0.6 is 0 Å². The highest BCUT2D eigenvalue weighted by molar-refractivity contribution is 5.80. The number of fused-ring (bicyclic) bond motifs is 3. The highest BCUT2D eigenvalue weighted by Crippen LogP contribution is 2.25. The minimum Gasteiger partial charge on any atom is -0.246 e. The Morgan fingerprint density at radius 1 is 1.33 bits per heavy atom. The predicted octanol–water partition coefficient (Wildman–Crippen LogP) is 0.841. The number of hydrogen-bond donors (Lipinski definition) is 0. The Labute approximate surface area is 87.4 Å². The van der Waals surface area contributed by atoms with Crippen LogP contribution in [0.25, 0.3) is 10.9 Å². The monoisotopic (exact) mass is 201 g/mol. The van der Waals surface area contributed by atoms with E-state index in [9.17, 15) is 4.79 Å². The van der Waals surface area contributed by atoms with Gasteiger partial charge in [0.05, 0.1) is 7.05 Å². The summed E-state index contributed by atoms with van der Waals surface area (Å²) in [6.45, 7) is 0. The summed E-state index contributed by atoms with van der Waals surface area (Å²) in [6.07, 6.45) is 5.04. The number of aryl methyl sites for hydroxylation is 3. The Kier molecular flexibility index (Phi) is 1.69. The maximum absolute atomic E-state index is 12.0. The normalized spacial score (nSPS) is 14.5. The third-order valence-corrected chi connectivity index (χ3v) is 3.23. The molecule has 0 saturated carbocycles. The van der Waals surface area contributed by atoms with E-state index in [1.54, 1.807) is 17.9 Å². The summed E-state index contributed by atoms with van der Waals surface area (Å²) in [5.41, 5.74) is 3.67. The molecule has 15 heavy (non-hydrogen) atoms. The Morgan fingerprint density at radius 2 is 2.20 bits per heavy atom. The first kappa shape index (κ1) is 8.65. The molecule has 3 rings (SSSR count). The van der Waals surface area contributed by atoms with Crippen LogP contribution in [0.2, 0.25) is 0 Å². The Morgan fingerprint density at radius 3 is 3.07 bits per heavy atom. The van der Waals surface area contributed by atoms with Crippen LogP contribution in [0.15, 0.2) is 23.3 Å². The van der Waals surface area contributed by atoms with Gasteiger partial charge in [0.15, 0.2) is 0 Å². The Balaban J connectivity index is 2.53. The molecule has 0 atom stereocenters. The summed E-state index contributed by atoms with van der Waals surface area (Å²) < 4.78 is 1.61. The highest BCUT2D eigenvalue weighted by atomic mass is 16.1. The molecule has 1 heterocycles. The van der Waals surface area contributed by atoms with Crippen molar-refractivity contribution in [3.05, 3.63) is 39.9 Å². The fourth-order valence-electron chi connectivity index (χ4n) is 2.43. The largest absolute Gasteiger partial charge is 0.345 e. The summed E-state index contributed by atoms with van der Waals surface area (Å²) in [6, 6.07) is 4.15. The molecular formula is C12H13N2O+. The third kappa shape index (κ3) is 1.12. The molecule has 1 aromatic carbocycles. The number of aromatic nitrogens is 2. The van der Waals surface area contributed by atoms with E-state index in [0.29, 0.717) is 0 Å². The topological polar surface area (TPSA) is 36.1 Å². The SMILES string of the molecule is Cn1c[nH+]c2ccc3c(c2c1=O)CCC3. The average Bonchev–Trinajstić information content (AvgIpc) is 2.70. The van der Waals surface area contributed by atoms with Crippen LogP contribution in [0.1, 0.15) is 17.5 Å². The summed E-state index contributed by atoms with van der Waals surface area (Å²) in [5, 5.41) is 0.884. The fourth-order valence-corrected chi connectivity index (χ4v) is 2.43. The lowest BCUT2D eigenvalue weighted by Gasteiger charge is -2.01. The first-order valence-corrected chi connectivity index (χ1v) is 5.29. The van der Waals surface area contributed by atoms with E-state index in [-0.39, 0.29) is 5.56 Å². The van der Waals surface area contributed by atoms with E-state index in [2.05, 4.69) is 11.1 Å². The standard InChI is InChI=1S/C12H12N2O/c1-14-7-13-10-6-5-8-3-2-4-9(8)11(10)12(14)15/h5-7H,2-4H2,1H3/p+1. The van der Waals surface area contributed by atoms with Crippen molar-refractivity contribution in [3.63, 3.8) is 0 Å². The van der Waals surface area contributed by atoms with Gasteiger partial charge < -0.3 is 0 Å². The van der Waals surface area contributed by atoms with Crippen molar-refractivity contribution in [2.45, 2.75) is 19.3 Å². The van der Waals surface area contributed by atoms with Crippen LogP contribution in [0.5, 0.6) is 0 Å². The average molecular weight is 201 g/mol. The van der Waals surface area contributed by atoms with Gasteiger partial charge in [0.2, 0.25) is 6.33 Å². The van der Waals surface area contributed by atoms with Gasteiger partial charge in [-0.3, -0.25) is 0 Å². The Hall–Kier alpha value is -1.64. The zero-order chi connectivity index (χ0) is 10.4. The van der Waals surface area contributed by atoms with E-state index in [1.807, 2.05) is 6.07 Å². The lowest BCUT2D eigenvalue weighted by atomic mass is 10.1. The number of aromatic amines is 1. The molecule has 0 unspecified atom stereocenters. The molecular weight excluding hydrogens is 188 g/mol. The molecule has 2 aromatic rings. The molecule has 0 spiro atoms. The minimum atomic E-state index is 0.113. The van der Waals surface area contributed by atoms with Gasteiger partial charge in [0.1, 0.15) is 10.9 Å². The lowest BCUT2D eigenvalue weighted by Crippen LogP contribution is -2.24. The summed E-state index contributed by atoms with van der Waals surface area (Å²) in [4.78, 5) is 15.2. The van der Waals surface area contributed by atoms with E-state index in [0.717, 1.165) is 23.7 Å². The molecule has 1 aliphatic rings. The van der Waals surface area contributed by atoms with Crippen molar-refractivity contribution < 1.29 is 4.98 Å². The molecule has 0 aliphatic heterocycles. The quantitative estimate of drug-likeness (QED) is 0.622. The van der Waals surface area contributed by atoms with Crippen LogP contribution < -0.4 is 10.5 Å². The van der Waals surface area contributed by atoms with E-state index < -0.39 is 0 Å². The van der Waals surface area contributed by atoms with Gasteiger partial charge in [-0.05, 0) is 36.5 Å². The molecule has 1 aliphatic carbocycles. The number of nitrogens with one attached hydrogen (secondary N) is 1. The number of rotatable bonds is 0. The third-order valence-electron chi connectivity index (χ3n) is 3.23. The second kappa shape index (κ2) is 2.92. The zero-order valence-electron chi connectivity index (χ0n) is 8.71. The van der Waals surface area contributed by atoms with Crippen molar-refractivity contribution in [2.24, 2.45) is 7.05 Å². The molecule has 0 fully saturated rings. The first-order chi connectivity index (χ1) is 7.27. The minimum absolute atomic E-state index is 0.113. The summed E-state index contributed by atoms with van der Waals surface area (Å²) >= 11 is 0. The second-order valence-electron chi connectivity index (χ2n) is 4.17. The molecule has 76 valence electrons. The second-order valence-corrected chi connectivity index (χ2v) is 4.17. The predicted molar refractivity (Wildman–Crippen MR) is 57.8 cm³/mol. The number of H-pyrrole nitrogens is 1. The molecule has 0 saturated heterocycles. The Bertz CT molecular complexity index is 598.